The number of nitrogens with one attached hydrogen (secondary N) is 3. The molecule has 242 valence electrons. The van der Waals surface area contributed by atoms with Gasteiger partial charge >= 0.3 is 0 Å². The molecule has 4 heterocycles. The molecular formula is C31H36F2N10O2S. The van der Waals surface area contributed by atoms with Crippen LogP contribution in [0.4, 0.5) is 43.3 Å². The van der Waals surface area contributed by atoms with E-state index in [0.717, 1.165) is 45.3 Å². The zero-order valence-electron chi connectivity index (χ0n) is 25.7. The van der Waals surface area contributed by atoms with Crippen molar-refractivity contribution in [3.63, 3.8) is 0 Å². The number of nitrogens with zero attached hydrogens (tertiary/aromatic N) is 7. The third kappa shape index (κ3) is 7.00. The molecule has 0 spiro atoms. The Kier molecular flexibility index (Phi) is 8.97. The number of piperidine rings is 1. The molecule has 15 heteroatoms. The number of halogens is 2. The zero-order valence-corrected chi connectivity index (χ0v) is 26.5. The number of rotatable bonds is 9. The summed E-state index contributed by atoms with van der Waals surface area (Å²) >= 11 is 0. The first kappa shape index (κ1) is 31.5. The molecule has 2 aliphatic rings. The van der Waals surface area contributed by atoms with Gasteiger partial charge in [0.2, 0.25) is 16.0 Å². The van der Waals surface area contributed by atoms with E-state index in [1.54, 1.807) is 17.0 Å². The van der Waals surface area contributed by atoms with Crippen LogP contribution in [-0.4, -0.2) is 96.8 Å². The van der Waals surface area contributed by atoms with Gasteiger partial charge in [0.1, 0.15) is 17.0 Å². The third-order valence-electron chi connectivity index (χ3n) is 8.33. The highest BCUT2D eigenvalue weighted by Gasteiger charge is 2.29. The zero-order chi connectivity index (χ0) is 32.4. The molecule has 2 aromatic heterocycles. The van der Waals surface area contributed by atoms with Crippen molar-refractivity contribution in [2.45, 2.75) is 18.9 Å². The van der Waals surface area contributed by atoms with Crippen LogP contribution in [0.2, 0.25) is 0 Å². The van der Waals surface area contributed by atoms with Crippen LogP contribution in [0.25, 0.3) is 17.1 Å². The van der Waals surface area contributed by atoms with Crippen molar-refractivity contribution in [2.75, 3.05) is 72.8 Å². The predicted molar refractivity (Wildman–Crippen MR) is 177 cm³/mol. The number of hydrogen-bond acceptors (Lipinski definition) is 11. The molecule has 0 radical (unpaired) electrons. The second-order valence-corrected chi connectivity index (χ2v) is 13.3. The van der Waals surface area contributed by atoms with Crippen LogP contribution in [0.1, 0.15) is 18.4 Å². The maximum atomic E-state index is 15.4. The Morgan fingerprint density at radius 1 is 0.957 bits per heavy atom. The maximum absolute atomic E-state index is 15.4. The number of likely N-dealkylation sites (N-methyl/N-ethyl adjacent to an activating group) is 1. The molecule has 0 saturated carbocycles. The SMILES string of the molecule is C=Cc1cnc(Nc2cc(F)c(N3CCC(N4CCN(C)CC4)CC3)c(F)c2)nc1Nc1ccc2nccnc2c1NS(C)(=O)=O. The van der Waals surface area contributed by atoms with Crippen LogP contribution in [0, 0.1) is 11.6 Å². The second-order valence-electron chi connectivity index (χ2n) is 11.6. The van der Waals surface area contributed by atoms with Crippen LogP contribution >= 0.6 is 0 Å². The first-order chi connectivity index (χ1) is 22.1. The number of piperazine rings is 1. The highest BCUT2D eigenvalue weighted by Crippen LogP contribution is 2.34. The van der Waals surface area contributed by atoms with Crippen molar-refractivity contribution in [1.29, 1.82) is 0 Å². The summed E-state index contributed by atoms with van der Waals surface area (Å²) in [5.74, 6) is -1.01. The van der Waals surface area contributed by atoms with Crippen molar-refractivity contribution in [2.24, 2.45) is 0 Å². The number of fused-ring (bicyclic) bond motifs is 1. The normalized spacial score (nSPS) is 16.8. The lowest BCUT2D eigenvalue weighted by molar-refractivity contribution is 0.0980. The summed E-state index contributed by atoms with van der Waals surface area (Å²) in [6, 6.07) is 6.23. The molecule has 0 bridgehead atoms. The molecule has 0 unspecified atom stereocenters. The van der Waals surface area contributed by atoms with Gasteiger partial charge in [0, 0.05) is 75.2 Å². The van der Waals surface area contributed by atoms with Gasteiger partial charge in [-0.2, -0.15) is 4.98 Å². The van der Waals surface area contributed by atoms with Crippen molar-refractivity contribution < 1.29 is 17.2 Å². The van der Waals surface area contributed by atoms with Gasteiger partial charge in [0.15, 0.2) is 11.6 Å². The smallest absolute Gasteiger partial charge is 0.229 e. The summed E-state index contributed by atoms with van der Waals surface area (Å²) in [6.07, 6.45) is 8.72. The molecule has 46 heavy (non-hydrogen) atoms. The average Bonchev–Trinajstić information content (AvgIpc) is 3.02. The van der Waals surface area contributed by atoms with E-state index >= 15 is 8.78 Å². The molecule has 6 rings (SSSR count). The molecule has 2 aliphatic heterocycles. The van der Waals surface area contributed by atoms with Crippen LogP contribution < -0.4 is 20.3 Å². The van der Waals surface area contributed by atoms with Crippen molar-refractivity contribution in [3.05, 3.63) is 66.6 Å². The molecular weight excluding hydrogens is 614 g/mol. The monoisotopic (exact) mass is 650 g/mol. The quantitative estimate of drug-likeness (QED) is 0.238. The minimum atomic E-state index is -3.68. The van der Waals surface area contributed by atoms with E-state index in [1.165, 1.54) is 36.8 Å². The number of aromatic nitrogens is 4. The van der Waals surface area contributed by atoms with Gasteiger partial charge in [-0.15, -0.1) is 0 Å². The minimum absolute atomic E-state index is 0.0297. The van der Waals surface area contributed by atoms with E-state index in [0.29, 0.717) is 41.4 Å². The molecule has 4 aromatic rings. The van der Waals surface area contributed by atoms with Crippen LogP contribution in [0.3, 0.4) is 0 Å². The van der Waals surface area contributed by atoms with E-state index in [-0.39, 0.29) is 28.8 Å². The van der Waals surface area contributed by atoms with Gasteiger partial charge in [-0.25, -0.2) is 22.2 Å². The van der Waals surface area contributed by atoms with Crippen molar-refractivity contribution >= 4 is 61.6 Å². The van der Waals surface area contributed by atoms with Crippen molar-refractivity contribution in [3.8, 4) is 0 Å². The molecule has 2 saturated heterocycles. The standard InChI is InChI=1S/C31H36F2N10O2S/c1-4-20-19-36-31(39-30(20)38-26-6-5-25-27(35-10-9-34-25)28(26)40-46(3,44)45)37-21-17-23(32)29(24(33)18-21)43-11-7-22(8-12-43)42-15-13-41(2)14-16-42/h4-6,9-10,17-19,22,40H,1,7-8,11-16H2,2-3H3,(H2,36,37,38,39). The van der Waals surface area contributed by atoms with E-state index in [2.05, 4.69) is 58.7 Å². The van der Waals surface area contributed by atoms with E-state index < -0.39 is 21.7 Å². The van der Waals surface area contributed by atoms with Gasteiger partial charge in [-0.05, 0) is 44.2 Å². The number of benzene rings is 2. The average molecular weight is 651 g/mol. The summed E-state index contributed by atoms with van der Waals surface area (Å²) in [6.45, 7) is 9.08. The predicted octanol–water partition coefficient (Wildman–Crippen LogP) is 4.42. The Balaban J connectivity index is 1.20. The lowest BCUT2D eigenvalue weighted by Crippen LogP contribution is -2.52. The molecule has 2 aromatic carbocycles. The molecule has 0 aliphatic carbocycles. The van der Waals surface area contributed by atoms with Crippen LogP contribution in [-0.2, 0) is 10.0 Å². The fourth-order valence-electron chi connectivity index (χ4n) is 5.97. The largest absolute Gasteiger partial charge is 0.367 e. The fourth-order valence-corrected chi connectivity index (χ4v) is 6.55. The highest BCUT2D eigenvalue weighted by atomic mass is 32.2. The lowest BCUT2D eigenvalue weighted by Gasteiger charge is -2.42. The third-order valence-corrected chi connectivity index (χ3v) is 8.90. The Hall–Kier alpha value is -4.47. The summed E-state index contributed by atoms with van der Waals surface area (Å²) in [5, 5.41) is 6.01. The van der Waals surface area contributed by atoms with Crippen LogP contribution in [0.5, 0.6) is 0 Å². The first-order valence-corrected chi connectivity index (χ1v) is 16.9. The summed E-state index contributed by atoms with van der Waals surface area (Å²) in [7, 11) is -1.55. The van der Waals surface area contributed by atoms with Crippen LogP contribution in [0.15, 0.2) is 49.4 Å². The Labute approximate surface area is 266 Å². The van der Waals surface area contributed by atoms with E-state index in [4.69, 9.17) is 0 Å². The Morgan fingerprint density at radius 3 is 2.33 bits per heavy atom. The number of hydrogen-bond donors (Lipinski definition) is 3. The highest BCUT2D eigenvalue weighted by molar-refractivity contribution is 7.92. The molecule has 2 fully saturated rings. The molecule has 0 atom stereocenters. The van der Waals surface area contributed by atoms with Crippen molar-refractivity contribution in [1.82, 2.24) is 29.7 Å². The Bertz CT molecular complexity index is 1840. The molecule has 12 nitrogen and oxygen atoms in total. The van der Waals surface area contributed by atoms with Gasteiger partial charge in [-0.1, -0.05) is 12.7 Å². The summed E-state index contributed by atoms with van der Waals surface area (Å²) < 4.78 is 57.7. The Morgan fingerprint density at radius 2 is 1.65 bits per heavy atom. The summed E-state index contributed by atoms with van der Waals surface area (Å²) in [5.41, 5.74) is 1.97. The fraction of sp³-hybridized carbons (Fsp3) is 0.355. The molecule has 0 amide bonds. The van der Waals surface area contributed by atoms with Gasteiger partial charge < -0.3 is 20.4 Å². The maximum Gasteiger partial charge on any atom is 0.229 e. The van der Waals surface area contributed by atoms with Gasteiger partial charge in [0.25, 0.3) is 0 Å². The topological polar surface area (TPSA) is 132 Å². The van der Waals surface area contributed by atoms with Gasteiger partial charge in [-0.3, -0.25) is 19.6 Å². The van der Waals surface area contributed by atoms with Gasteiger partial charge in [0.05, 0.1) is 23.1 Å². The number of anilines is 6. The lowest BCUT2D eigenvalue weighted by atomic mass is 10.0. The van der Waals surface area contributed by atoms with E-state index in [1.807, 2.05) is 0 Å². The number of sulfonamides is 1. The second kappa shape index (κ2) is 13.1. The minimum Gasteiger partial charge on any atom is -0.367 e. The molecule has 3 N–H and O–H groups in total. The first-order valence-electron chi connectivity index (χ1n) is 15.0. The summed E-state index contributed by atoms with van der Waals surface area (Å²) in [4.78, 5) is 23.9. The van der Waals surface area contributed by atoms with E-state index in [9.17, 15) is 8.42 Å².